The fraction of sp³-hybridized carbons (Fsp3) is 0.714. The van der Waals surface area contributed by atoms with Gasteiger partial charge in [0.2, 0.25) is 0 Å². The zero-order valence-electron chi connectivity index (χ0n) is 11.3. The second-order valence-electron chi connectivity index (χ2n) is 5.05. The van der Waals surface area contributed by atoms with Crippen LogP contribution in [0.1, 0.15) is 44.9 Å². The normalized spacial score (nSPS) is 22.5. The maximum atomic E-state index is 11.4. The Morgan fingerprint density at radius 3 is 2.89 bits per heavy atom. The Balaban J connectivity index is 2.23. The number of nitrogens with one attached hydrogen (secondary N) is 1. The third-order valence-electron chi connectivity index (χ3n) is 3.44. The topological polar surface area (TPSA) is 75.6 Å². The van der Waals surface area contributed by atoms with Gasteiger partial charge < -0.3 is 15.2 Å². The average Bonchev–Trinajstić information content (AvgIpc) is 2.36. The van der Waals surface area contributed by atoms with Gasteiger partial charge in [0.05, 0.1) is 0 Å². The first-order chi connectivity index (χ1) is 9.11. The standard InChI is InChI=1S/C14H23NO4/c1-2-9-19-14(18)15-12-7-3-5-11(10-12)6-4-8-13(16)17/h2,11-12H,1,3-10H2,(H,15,18)(H,16,17). The average molecular weight is 269 g/mol. The van der Waals surface area contributed by atoms with E-state index < -0.39 is 12.1 Å². The van der Waals surface area contributed by atoms with E-state index in [4.69, 9.17) is 9.84 Å². The van der Waals surface area contributed by atoms with E-state index in [0.29, 0.717) is 12.3 Å². The van der Waals surface area contributed by atoms with Crippen LogP contribution in [-0.2, 0) is 9.53 Å². The summed E-state index contributed by atoms with van der Waals surface area (Å²) in [4.78, 5) is 21.9. The molecule has 0 aromatic rings. The highest BCUT2D eigenvalue weighted by Crippen LogP contribution is 2.28. The number of alkyl carbamates (subject to hydrolysis) is 1. The molecule has 0 bridgehead atoms. The molecule has 1 rings (SSSR count). The lowest BCUT2D eigenvalue weighted by molar-refractivity contribution is -0.137. The molecule has 0 heterocycles. The number of amides is 1. The number of hydrogen-bond donors (Lipinski definition) is 2. The molecule has 19 heavy (non-hydrogen) atoms. The van der Waals surface area contributed by atoms with Gasteiger partial charge in [0.15, 0.2) is 0 Å². The van der Waals surface area contributed by atoms with Gasteiger partial charge >= 0.3 is 12.1 Å². The van der Waals surface area contributed by atoms with E-state index >= 15 is 0 Å². The lowest BCUT2D eigenvalue weighted by Crippen LogP contribution is -2.38. The lowest BCUT2D eigenvalue weighted by Gasteiger charge is -2.29. The van der Waals surface area contributed by atoms with E-state index in [1.54, 1.807) is 0 Å². The number of carbonyl (C=O) groups is 2. The first-order valence-electron chi connectivity index (χ1n) is 6.87. The SMILES string of the molecule is C=CCOC(=O)NC1CCCC(CCCC(=O)O)C1. The molecule has 0 aromatic heterocycles. The predicted molar refractivity (Wildman–Crippen MR) is 71.9 cm³/mol. The molecule has 1 fully saturated rings. The maximum absolute atomic E-state index is 11.4. The van der Waals surface area contributed by atoms with Gasteiger partial charge in [-0.25, -0.2) is 4.79 Å². The summed E-state index contributed by atoms with van der Waals surface area (Å²) < 4.78 is 4.90. The third-order valence-corrected chi connectivity index (χ3v) is 3.44. The summed E-state index contributed by atoms with van der Waals surface area (Å²) in [7, 11) is 0. The van der Waals surface area contributed by atoms with E-state index in [1.807, 2.05) is 0 Å². The Kier molecular flexibility index (Phi) is 7.00. The first-order valence-corrected chi connectivity index (χ1v) is 6.87. The Hall–Kier alpha value is -1.52. The first kappa shape index (κ1) is 15.5. The second-order valence-corrected chi connectivity index (χ2v) is 5.05. The van der Waals surface area contributed by atoms with Crippen molar-refractivity contribution in [3.05, 3.63) is 12.7 Å². The van der Waals surface area contributed by atoms with Crippen LogP contribution in [0.2, 0.25) is 0 Å². The summed E-state index contributed by atoms with van der Waals surface area (Å²) in [5.74, 6) is -0.226. The Labute approximate surface area is 114 Å². The van der Waals surface area contributed by atoms with Crippen LogP contribution in [0.15, 0.2) is 12.7 Å². The number of aliphatic carboxylic acids is 1. The van der Waals surface area contributed by atoms with E-state index in [-0.39, 0.29) is 19.1 Å². The van der Waals surface area contributed by atoms with Gasteiger partial charge in [0, 0.05) is 12.5 Å². The van der Waals surface area contributed by atoms with Crippen LogP contribution in [0.5, 0.6) is 0 Å². The van der Waals surface area contributed by atoms with Crippen molar-refractivity contribution in [1.82, 2.24) is 5.32 Å². The molecule has 5 nitrogen and oxygen atoms in total. The number of carbonyl (C=O) groups excluding carboxylic acids is 1. The van der Waals surface area contributed by atoms with E-state index in [9.17, 15) is 9.59 Å². The summed E-state index contributed by atoms with van der Waals surface area (Å²) in [6.45, 7) is 3.71. The Bertz CT molecular complexity index is 317. The molecule has 1 aliphatic carbocycles. The monoisotopic (exact) mass is 269 g/mol. The molecule has 0 aliphatic heterocycles. The zero-order valence-corrected chi connectivity index (χ0v) is 11.3. The fourth-order valence-electron chi connectivity index (χ4n) is 2.57. The Morgan fingerprint density at radius 1 is 1.42 bits per heavy atom. The number of hydrogen-bond acceptors (Lipinski definition) is 3. The molecule has 5 heteroatoms. The van der Waals surface area contributed by atoms with Crippen molar-refractivity contribution in [2.45, 2.75) is 51.0 Å². The van der Waals surface area contributed by atoms with Crippen molar-refractivity contribution in [2.24, 2.45) is 5.92 Å². The summed E-state index contributed by atoms with van der Waals surface area (Å²) in [5, 5.41) is 11.5. The quantitative estimate of drug-likeness (QED) is 0.697. The molecule has 2 atom stereocenters. The highest BCUT2D eigenvalue weighted by Gasteiger charge is 2.23. The number of ether oxygens (including phenoxy) is 1. The fourth-order valence-corrected chi connectivity index (χ4v) is 2.57. The number of carboxylic acids is 1. The van der Waals surface area contributed by atoms with Crippen LogP contribution in [0, 0.1) is 5.92 Å². The van der Waals surface area contributed by atoms with Crippen molar-refractivity contribution in [3.63, 3.8) is 0 Å². The van der Waals surface area contributed by atoms with E-state index in [2.05, 4.69) is 11.9 Å². The molecule has 1 aliphatic rings. The van der Waals surface area contributed by atoms with E-state index in [0.717, 1.165) is 32.1 Å². The minimum Gasteiger partial charge on any atom is -0.481 e. The van der Waals surface area contributed by atoms with Gasteiger partial charge in [0.25, 0.3) is 0 Å². The molecule has 1 amide bonds. The number of carboxylic acid groups (broad SMARTS) is 1. The summed E-state index contributed by atoms with van der Waals surface area (Å²) in [6.07, 6.45) is 7.10. The van der Waals surface area contributed by atoms with Gasteiger partial charge in [-0.05, 0) is 31.6 Å². The maximum Gasteiger partial charge on any atom is 0.407 e. The highest BCUT2D eigenvalue weighted by molar-refractivity contribution is 5.67. The van der Waals surface area contributed by atoms with Crippen molar-refractivity contribution in [1.29, 1.82) is 0 Å². The molecule has 2 N–H and O–H groups in total. The van der Waals surface area contributed by atoms with Gasteiger partial charge in [0.1, 0.15) is 6.61 Å². The van der Waals surface area contributed by atoms with Crippen LogP contribution in [-0.4, -0.2) is 29.8 Å². The smallest absolute Gasteiger partial charge is 0.407 e. The van der Waals surface area contributed by atoms with Crippen molar-refractivity contribution < 1.29 is 19.4 Å². The zero-order chi connectivity index (χ0) is 14.1. The highest BCUT2D eigenvalue weighted by atomic mass is 16.5. The molecule has 108 valence electrons. The summed E-state index contributed by atoms with van der Waals surface area (Å²) >= 11 is 0. The third kappa shape index (κ3) is 6.84. The van der Waals surface area contributed by atoms with Gasteiger partial charge in [-0.2, -0.15) is 0 Å². The molecule has 2 unspecified atom stereocenters. The largest absolute Gasteiger partial charge is 0.481 e. The second kappa shape index (κ2) is 8.56. The molecule has 0 saturated heterocycles. The summed E-state index contributed by atoms with van der Waals surface area (Å²) in [5.41, 5.74) is 0. The number of rotatable bonds is 7. The van der Waals surface area contributed by atoms with Crippen LogP contribution >= 0.6 is 0 Å². The molecular weight excluding hydrogens is 246 g/mol. The minimum atomic E-state index is -0.738. The molecule has 1 saturated carbocycles. The van der Waals surface area contributed by atoms with Crippen LogP contribution in [0.4, 0.5) is 4.79 Å². The van der Waals surface area contributed by atoms with Crippen LogP contribution in [0.25, 0.3) is 0 Å². The van der Waals surface area contributed by atoms with Crippen molar-refractivity contribution >= 4 is 12.1 Å². The van der Waals surface area contributed by atoms with Crippen LogP contribution < -0.4 is 5.32 Å². The van der Waals surface area contributed by atoms with E-state index in [1.165, 1.54) is 6.08 Å². The molecule has 0 radical (unpaired) electrons. The lowest BCUT2D eigenvalue weighted by atomic mass is 9.83. The van der Waals surface area contributed by atoms with Crippen molar-refractivity contribution in [2.75, 3.05) is 6.61 Å². The van der Waals surface area contributed by atoms with Gasteiger partial charge in [-0.1, -0.05) is 25.5 Å². The molecular formula is C14H23NO4. The Morgan fingerprint density at radius 2 is 2.21 bits per heavy atom. The van der Waals surface area contributed by atoms with Gasteiger partial charge in [-0.15, -0.1) is 0 Å². The summed E-state index contributed by atoms with van der Waals surface area (Å²) in [6, 6.07) is 0.154. The molecule has 0 spiro atoms. The van der Waals surface area contributed by atoms with Crippen LogP contribution in [0.3, 0.4) is 0 Å². The van der Waals surface area contributed by atoms with Crippen molar-refractivity contribution in [3.8, 4) is 0 Å². The predicted octanol–water partition coefficient (Wildman–Crippen LogP) is 2.71. The molecule has 0 aromatic carbocycles. The minimum absolute atomic E-state index is 0.154. The van der Waals surface area contributed by atoms with Gasteiger partial charge in [-0.3, -0.25) is 4.79 Å².